The van der Waals surface area contributed by atoms with Crippen molar-refractivity contribution < 1.29 is 9.18 Å². The van der Waals surface area contributed by atoms with E-state index >= 15 is 0 Å². The van der Waals surface area contributed by atoms with E-state index in [0.29, 0.717) is 23.9 Å². The van der Waals surface area contributed by atoms with Crippen molar-refractivity contribution in [1.29, 1.82) is 0 Å². The Morgan fingerprint density at radius 1 is 1.16 bits per heavy atom. The topological polar surface area (TPSA) is 66.9 Å². The Balaban J connectivity index is 1.64. The van der Waals surface area contributed by atoms with Gasteiger partial charge in [-0.2, -0.15) is 0 Å². The van der Waals surface area contributed by atoms with Gasteiger partial charge in [-0.15, -0.1) is 0 Å². The number of aryl methyl sites for hydroxylation is 1. The number of carbonyl (C=O) groups excluding carboxylic acids is 1. The molecule has 0 aliphatic heterocycles. The summed E-state index contributed by atoms with van der Waals surface area (Å²) in [6, 6.07) is 8.18. The van der Waals surface area contributed by atoms with E-state index in [-0.39, 0.29) is 17.8 Å². The molecule has 2 N–H and O–H groups in total. The van der Waals surface area contributed by atoms with Crippen LogP contribution < -0.4 is 10.6 Å². The third-order valence-electron chi connectivity index (χ3n) is 4.40. The quantitative estimate of drug-likeness (QED) is 0.871. The van der Waals surface area contributed by atoms with Crippen LogP contribution in [-0.4, -0.2) is 21.9 Å². The lowest BCUT2D eigenvalue weighted by Gasteiger charge is -2.22. The molecule has 1 amide bonds. The third-order valence-corrected chi connectivity index (χ3v) is 4.40. The van der Waals surface area contributed by atoms with E-state index in [9.17, 15) is 9.18 Å². The van der Waals surface area contributed by atoms with Crippen LogP contribution in [0.4, 0.5) is 10.2 Å². The molecule has 1 heterocycles. The lowest BCUT2D eigenvalue weighted by atomic mass is 9.95. The molecule has 5 nitrogen and oxygen atoms in total. The van der Waals surface area contributed by atoms with Crippen LogP contribution in [0.2, 0.25) is 0 Å². The molecule has 1 saturated carbocycles. The van der Waals surface area contributed by atoms with Crippen LogP contribution in [0, 0.1) is 12.7 Å². The minimum absolute atomic E-state index is 0.151. The van der Waals surface area contributed by atoms with Crippen molar-refractivity contribution in [2.75, 3.05) is 5.32 Å². The highest BCUT2D eigenvalue weighted by Crippen LogP contribution is 2.18. The van der Waals surface area contributed by atoms with Gasteiger partial charge < -0.3 is 10.6 Å². The monoisotopic (exact) mass is 342 g/mol. The first-order chi connectivity index (χ1) is 12.1. The highest BCUT2D eigenvalue weighted by Gasteiger charge is 2.18. The van der Waals surface area contributed by atoms with Crippen molar-refractivity contribution >= 4 is 11.7 Å². The Morgan fingerprint density at radius 3 is 2.60 bits per heavy atom. The molecule has 1 aliphatic rings. The van der Waals surface area contributed by atoms with Crippen LogP contribution in [0.15, 0.2) is 30.3 Å². The average molecular weight is 342 g/mol. The molecule has 0 spiro atoms. The van der Waals surface area contributed by atoms with Gasteiger partial charge >= 0.3 is 0 Å². The maximum atomic E-state index is 13.0. The van der Waals surface area contributed by atoms with Crippen molar-refractivity contribution in [2.45, 2.75) is 51.6 Å². The van der Waals surface area contributed by atoms with Gasteiger partial charge in [0.25, 0.3) is 5.91 Å². The number of benzene rings is 1. The van der Waals surface area contributed by atoms with Gasteiger partial charge in [-0.25, -0.2) is 14.4 Å². The lowest BCUT2D eigenvalue weighted by Crippen LogP contribution is -2.36. The van der Waals surface area contributed by atoms with Gasteiger partial charge in [-0.3, -0.25) is 4.79 Å². The van der Waals surface area contributed by atoms with Crippen LogP contribution in [0.5, 0.6) is 0 Å². The van der Waals surface area contributed by atoms with E-state index in [2.05, 4.69) is 20.6 Å². The van der Waals surface area contributed by atoms with Gasteiger partial charge in [-0.05, 0) is 37.5 Å². The Labute approximate surface area is 147 Å². The van der Waals surface area contributed by atoms with Crippen LogP contribution in [0.1, 0.15) is 54.0 Å². The summed E-state index contributed by atoms with van der Waals surface area (Å²) in [6.45, 7) is 2.26. The zero-order chi connectivity index (χ0) is 17.6. The van der Waals surface area contributed by atoms with Crippen molar-refractivity contribution in [3.05, 3.63) is 53.2 Å². The molecule has 0 bridgehead atoms. The smallest absolute Gasteiger partial charge is 0.270 e. The number of anilines is 1. The van der Waals surface area contributed by atoms with Crippen molar-refractivity contribution in [1.82, 2.24) is 15.3 Å². The second-order valence-corrected chi connectivity index (χ2v) is 6.47. The number of hydrogen-bond donors (Lipinski definition) is 2. The first kappa shape index (κ1) is 17.3. The fourth-order valence-electron chi connectivity index (χ4n) is 3.08. The van der Waals surface area contributed by atoms with Crippen molar-refractivity contribution in [3.8, 4) is 0 Å². The minimum atomic E-state index is -0.261. The van der Waals surface area contributed by atoms with Crippen molar-refractivity contribution in [2.24, 2.45) is 0 Å². The summed E-state index contributed by atoms with van der Waals surface area (Å²) >= 11 is 0. The first-order valence-corrected chi connectivity index (χ1v) is 8.75. The Hall–Kier alpha value is -2.50. The normalized spacial score (nSPS) is 15.0. The summed E-state index contributed by atoms with van der Waals surface area (Å²) in [5, 5.41) is 6.24. The molecule has 1 aliphatic carbocycles. The summed E-state index contributed by atoms with van der Waals surface area (Å²) < 4.78 is 13.0. The molecule has 132 valence electrons. The third kappa shape index (κ3) is 4.98. The van der Waals surface area contributed by atoms with Gasteiger partial charge in [0.1, 0.15) is 23.2 Å². The molecule has 3 rings (SSSR count). The Bertz CT molecular complexity index is 727. The van der Waals surface area contributed by atoms with E-state index in [1.165, 1.54) is 18.6 Å². The summed E-state index contributed by atoms with van der Waals surface area (Å²) in [4.78, 5) is 21.0. The van der Waals surface area contributed by atoms with E-state index in [1.807, 2.05) is 0 Å². The number of amides is 1. The number of halogens is 1. The predicted octanol–water partition coefficient (Wildman–Crippen LogP) is 3.60. The Morgan fingerprint density at radius 2 is 1.88 bits per heavy atom. The summed E-state index contributed by atoms with van der Waals surface area (Å²) in [5.41, 5.74) is 1.31. The number of carbonyl (C=O) groups is 1. The summed E-state index contributed by atoms with van der Waals surface area (Å²) in [5.74, 6) is 0.717. The molecule has 0 atom stereocenters. The van der Waals surface area contributed by atoms with Crippen LogP contribution in [-0.2, 0) is 6.54 Å². The fourth-order valence-corrected chi connectivity index (χ4v) is 3.08. The maximum absolute atomic E-state index is 13.0. The second kappa shape index (κ2) is 8.05. The number of nitrogens with zero attached hydrogens (tertiary/aromatic N) is 2. The van der Waals surface area contributed by atoms with Gasteiger partial charge in [0.05, 0.1) is 0 Å². The standard InChI is InChI=1S/C19H23FN4O/c1-13-22-17(19(25)24-16-5-3-2-4-6-16)11-18(23-13)21-12-14-7-9-15(20)10-8-14/h7-11,16H,2-6,12H2,1H3,(H,24,25)(H,21,22,23). The van der Waals surface area contributed by atoms with E-state index < -0.39 is 0 Å². The number of aromatic nitrogens is 2. The molecule has 0 radical (unpaired) electrons. The summed E-state index contributed by atoms with van der Waals surface area (Å²) in [7, 11) is 0. The van der Waals surface area contributed by atoms with E-state index in [0.717, 1.165) is 31.2 Å². The maximum Gasteiger partial charge on any atom is 0.270 e. The number of rotatable bonds is 5. The van der Waals surface area contributed by atoms with Crippen molar-refractivity contribution in [3.63, 3.8) is 0 Å². The fraction of sp³-hybridized carbons (Fsp3) is 0.421. The average Bonchev–Trinajstić information content (AvgIpc) is 2.61. The molecule has 0 unspecified atom stereocenters. The van der Waals surface area contributed by atoms with Gasteiger partial charge in [-0.1, -0.05) is 31.4 Å². The zero-order valence-electron chi connectivity index (χ0n) is 14.4. The second-order valence-electron chi connectivity index (χ2n) is 6.47. The molecular formula is C19H23FN4O. The van der Waals surface area contributed by atoms with Crippen LogP contribution in [0.25, 0.3) is 0 Å². The SMILES string of the molecule is Cc1nc(NCc2ccc(F)cc2)cc(C(=O)NC2CCCCC2)n1. The molecule has 1 fully saturated rings. The predicted molar refractivity (Wildman–Crippen MR) is 94.8 cm³/mol. The summed E-state index contributed by atoms with van der Waals surface area (Å²) in [6.07, 6.45) is 5.64. The molecule has 6 heteroatoms. The molecule has 2 aromatic rings. The highest BCUT2D eigenvalue weighted by molar-refractivity contribution is 5.93. The molecule has 0 saturated heterocycles. The van der Waals surface area contributed by atoms with Crippen LogP contribution in [0.3, 0.4) is 0 Å². The first-order valence-electron chi connectivity index (χ1n) is 8.75. The molecule has 25 heavy (non-hydrogen) atoms. The van der Waals surface area contributed by atoms with Gasteiger partial charge in [0.2, 0.25) is 0 Å². The zero-order valence-corrected chi connectivity index (χ0v) is 14.4. The van der Waals surface area contributed by atoms with E-state index in [4.69, 9.17) is 0 Å². The molecule has 1 aromatic heterocycles. The molecule has 1 aromatic carbocycles. The highest BCUT2D eigenvalue weighted by atomic mass is 19.1. The Kier molecular flexibility index (Phi) is 5.58. The van der Waals surface area contributed by atoms with E-state index in [1.54, 1.807) is 25.1 Å². The molecular weight excluding hydrogens is 319 g/mol. The van der Waals surface area contributed by atoms with Crippen LogP contribution >= 0.6 is 0 Å². The minimum Gasteiger partial charge on any atom is -0.366 e. The lowest BCUT2D eigenvalue weighted by molar-refractivity contribution is 0.0922. The number of hydrogen-bond acceptors (Lipinski definition) is 4. The number of nitrogens with one attached hydrogen (secondary N) is 2. The largest absolute Gasteiger partial charge is 0.366 e. The van der Waals surface area contributed by atoms with Gasteiger partial charge in [0, 0.05) is 18.7 Å². The van der Waals surface area contributed by atoms with Gasteiger partial charge in [0.15, 0.2) is 0 Å².